The first-order valence-electron chi connectivity index (χ1n) is 12.3. The minimum Gasteiger partial charge on any atom is -0.388 e. The van der Waals surface area contributed by atoms with Crippen LogP contribution in [0.4, 0.5) is 5.69 Å². The molecule has 0 aliphatic carbocycles. The number of rotatable bonds is 7. The highest BCUT2D eigenvalue weighted by Crippen LogP contribution is 2.30. The van der Waals surface area contributed by atoms with E-state index in [-0.39, 0.29) is 23.3 Å². The molecule has 8 nitrogen and oxygen atoms in total. The molecule has 3 N–H and O–H groups in total. The number of aliphatic hydroxyl groups is 1. The summed E-state index contributed by atoms with van der Waals surface area (Å²) in [6, 6.07) is 16.0. The van der Waals surface area contributed by atoms with E-state index in [1.165, 1.54) is 12.1 Å². The molecule has 2 aliphatic heterocycles. The second-order valence-corrected chi connectivity index (χ2v) is 11.0. The summed E-state index contributed by atoms with van der Waals surface area (Å²) in [7, 11) is -3.77. The minimum absolute atomic E-state index is 0.0953. The zero-order valence-corrected chi connectivity index (χ0v) is 20.7. The van der Waals surface area contributed by atoms with E-state index in [9.17, 15) is 18.3 Å². The Morgan fingerprint density at radius 3 is 2.60 bits per heavy atom. The van der Waals surface area contributed by atoms with Gasteiger partial charge in [0.2, 0.25) is 5.91 Å². The number of amidine groups is 1. The van der Waals surface area contributed by atoms with Crippen LogP contribution in [0.1, 0.15) is 50.2 Å². The molecule has 35 heavy (non-hydrogen) atoms. The standard InChI is InChI=1S/C26H34N4O4S/c31-25(19-30-16-13-21(14-17-30)26(32)20-8-3-1-4-9-20)28-22-10-7-11-23(18-22)35(33,34)29-24-12-5-2-6-15-27-24/h1,3-4,7-11,18,21,26,32H,2,5-6,12-17,19H2,(H,27,29)(H,28,31). The maximum absolute atomic E-state index is 12.8. The number of nitrogens with zero attached hydrogens (tertiary/aromatic N) is 2. The molecular weight excluding hydrogens is 464 g/mol. The molecule has 1 unspecified atom stereocenters. The van der Waals surface area contributed by atoms with Crippen molar-refractivity contribution in [3.63, 3.8) is 0 Å². The number of sulfonamides is 1. The smallest absolute Gasteiger partial charge is 0.262 e. The van der Waals surface area contributed by atoms with Crippen LogP contribution in [0.5, 0.6) is 0 Å². The fourth-order valence-corrected chi connectivity index (χ4v) is 5.80. The highest BCUT2D eigenvalue weighted by molar-refractivity contribution is 7.90. The quantitative estimate of drug-likeness (QED) is 0.542. The molecule has 2 aliphatic rings. The third kappa shape index (κ3) is 7.13. The van der Waals surface area contributed by atoms with Crippen molar-refractivity contribution in [1.29, 1.82) is 0 Å². The van der Waals surface area contributed by atoms with Crippen molar-refractivity contribution in [2.45, 2.75) is 49.5 Å². The molecule has 1 saturated heterocycles. The lowest BCUT2D eigenvalue weighted by atomic mass is 9.87. The summed E-state index contributed by atoms with van der Waals surface area (Å²) in [5, 5.41) is 13.5. The number of piperidine rings is 1. The number of anilines is 1. The number of amides is 1. The SMILES string of the molecule is O=C(CN1CCC(C(O)c2ccccc2)CC1)Nc1cccc(S(=O)(=O)NC2=NCCCCC2)c1. The van der Waals surface area contributed by atoms with Crippen LogP contribution < -0.4 is 10.0 Å². The van der Waals surface area contributed by atoms with E-state index in [1.54, 1.807) is 12.1 Å². The van der Waals surface area contributed by atoms with Crippen LogP contribution in [0.3, 0.4) is 0 Å². The topological polar surface area (TPSA) is 111 Å². The van der Waals surface area contributed by atoms with E-state index in [2.05, 4.69) is 19.9 Å². The number of hydrogen-bond acceptors (Lipinski definition) is 6. The van der Waals surface area contributed by atoms with Crippen LogP contribution in [0.2, 0.25) is 0 Å². The predicted molar refractivity (Wildman–Crippen MR) is 137 cm³/mol. The Morgan fingerprint density at radius 2 is 1.83 bits per heavy atom. The van der Waals surface area contributed by atoms with Gasteiger partial charge in [-0.3, -0.25) is 19.4 Å². The van der Waals surface area contributed by atoms with Gasteiger partial charge in [0.25, 0.3) is 10.0 Å². The summed E-state index contributed by atoms with van der Waals surface area (Å²) in [4.78, 5) is 19.1. The van der Waals surface area contributed by atoms with Gasteiger partial charge in [-0.1, -0.05) is 42.8 Å². The summed E-state index contributed by atoms with van der Waals surface area (Å²) in [5.41, 5.74) is 1.37. The van der Waals surface area contributed by atoms with E-state index in [0.29, 0.717) is 24.5 Å². The number of carbonyl (C=O) groups excluding carboxylic acids is 1. The Labute approximate surface area is 207 Å². The largest absolute Gasteiger partial charge is 0.388 e. The van der Waals surface area contributed by atoms with Gasteiger partial charge in [0, 0.05) is 18.7 Å². The maximum atomic E-state index is 12.8. The number of hydrogen-bond donors (Lipinski definition) is 3. The minimum atomic E-state index is -3.77. The number of carbonyl (C=O) groups is 1. The van der Waals surface area contributed by atoms with Gasteiger partial charge in [-0.2, -0.15) is 0 Å². The van der Waals surface area contributed by atoms with Gasteiger partial charge in [-0.05, 0) is 68.5 Å². The third-order valence-corrected chi connectivity index (χ3v) is 8.02. The summed E-state index contributed by atoms with van der Waals surface area (Å²) >= 11 is 0. The number of likely N-dealkylation sites (tertiary alicyclic amines) is 1. The molecule has 1 fully saturated rings. The first-order valence-corrected chi connectivity index (χ1v) is 13.8. The van der Waals surface area contributed by atoms with Gasteiger partial charge in [0.1, 0.15) is 5.84 Å². The van der Waals surface area contributed by atoms with Gasteiger partial charge in [0.15, 0.2) is 0 Å². The third-order valence-electron chi connectivity index (χ3n) is 6.64. The fraction of sp³-hybridized carbons (Fsp3) is 0.462. The molecule has 0 aromatic heterocycles. The Balaban J connectivity index is 1.29. The van der Waals surface area contributed by atoms with E-state index >= 15 is 0 Å². The van der Waals surface area contributed by atoms with Crippen LogP contribution in [0, 0.1) is 5.92 Å². The second-order valence-electron chi connectivity index (χ2n) is 9.29. The van der Waals surface area contributed by atoms with Crippen LogP contribution in [-0.4, -0.2) is 56.3 Å². The monoisotopic (exact) mass is 498 g/mol. The van der Waals surface area contributed by atoms with Crippen molar-refractivity contribution in [2.75, 3.05) is 31.5 Å². The van der Waals surface area contributed by atoms with Crippen molar-refractivity contribution in [1.82, 2.24) is 9.62 Å². The molecule has 9 heteroatoms. The van der Waals surface area contributed by atoms with Gasteiger partial charge >= 0.3 is 0 Å². The Hall–Kier alpha value is -2.75. The molecule has 2 aromatic rings. The molecule has 0 spiro atoms. The molecule has 4 rings (SSSR count). The summed E-state index contributed by atoms with van der Waals surface area (Å²) in [6.07, 6.45) is 4.68. The number of aliphatic hydroxyl groups excluding tert-OH is 1. The van der Waals surface area contributed by atoms with Crippen molar-refractivity contribution in [3.8, 4) is 0 Å². The second kappa shape index (κ2) is 11.8. The molecule has 2 heterocycles. The van der Waals surface area contributed by atoms with Gasteiger partial charge in [0.05, 0.1) is 17.5 Å². The summed E-state index contributed by atoms with van der Waals surface area (Å²) in [6.45, 7) is 2.31. The Kier molecular flexibility index (Phi) is 8.54. The molecule has 1 amide bonds. The van der Waals surface area contributed by atoms with E-state index in [0.717, 1.165) is 50.8 Å². The highest BCUT2D eigenvalue weighted by Gasteiger charge is 2.27. The Morgan fingerprint density at radius 1 is 1.06 bits per heavy atom. The van der Waals surface area contributed by atoms with Crippen LogP contribution in [-0.2, 0) is 14.8 Å². The fourth-order valence-electron chi connectivity index (χ4n) is 4.67. The van der Waals surface area contributed by atoms with Gasteiger partial charge in [-0.25, -0.2) is 8.42 Å². The summed E-state index contributed by atoms with van der Waals surface area (Å²) < 4.78 is 28.2. The van der Waals surface area contributed by atoms with Crippen molar-refractivity contribution in [3.05, 3.63) is 60.2 Å². The average molecular weight is 499 g/mol. The lowest BCUT2D eigenvalue weighted by molar-refractivity contribution is -0.117. The Bertz CT molecular complexity index is 1130. The molecule has 0 saturated carbocycles. The van der Waals surface area contributed by atoms with E-state index in [4.69, 9.17) is 0 Å². The van der Waals surface area contributed by atoms with Crippen LogP contribution in [0.15, 0.2) is 64.5 Å². The zero-order chi connectivity index (χ0) is 24.7. The van der Waals surface area contributed by atoms with Crippen molar-refractivity contribution in [2.24, 2.45) is 10.9 Å². The normalized spacial score (nSPS) is 18.8. The lowest BCUT2D eigenvalue weighted by Crippen LogP contribution is -2.40. The van der Waals surface area contributed by atoms with E-state index < -0.39 is 16.1 Å². The molecular formula is C26H34N4O4S. The lowest BCUT2D eigenvalue weighted by Gasteiger charge is -2.34. The zero-order valence-electron chi connectivity index (χ0n) is 19.9. The first kappa shape index (κ1) is 25.3. The molecule has 188 valence electrons. The molecule has 1 atom stereocenters. The molecule has 0 bridgehead atoms. The van der Waals surface area contributed by atoms with Crippen molar-refractivity contribution < 1.29 is 18.3 Å². The highest BCUT2D eigenvalue weighted by atomic mass is 32.2. The van der Waals surface area contributed by atoms with E-state index in [1.807, 2.05) is 30.3 Å². The first-order chi connectivity index (χ1) is 16.9. The number of aliphatic imine (C=N–C) groups is 1. The molecule has 2 aromatic carbocycles. The predicted octanol–water partition coefficient (Wildman–Crippen LogP) is 3.32. The summed E-state index contributed by atoms with van der Waals surface area (Å²) in [5.74, 6) is 0.476. The van der Waals surface area contributed by atoms with Gasteiger partial charge in [-0.15, -0.1) is 0 Å². The van der Waals surface area contributed by atoms with Crippen LogP contribution in [0.25, 0.3) is 0 Å². The molecule has 0 radical (unpaired) electrons. The van der Waals surface area contributed by atoms with Crippen molar-refractivity contribution >= 4 is 27.5 Å². The number of benzene rings is 2. The maximum Gasteiger partial charge on any atom is 0.262 e. The van der Waals surface area contributed by atoms with Crippen LogP contribution >= 0.6 is 0 Å². The van der Waals surface area contributed by atoms with Gasteiger partial charge < -0.3 is 10.4 Å². The number of nitrogens with one attached hydrogen (secondary N) is 2. The average Bonchev–Trinajstić information content (AvgIpc) is 3.13.